The summed E-state index contributed by atoms with van der Waals surface area (Å²) in [7, 11) is 0. The third-order valence-electron chi connectivity index (χ3n) is 3.26. The molecule has 2 nitrogen and oxygen atoms in total. The number of aliphatic imine (C=N–C) groups is 1. The van der Waals surface area contributed by atoms with Gasteiger partial charge in [-0.3, -0.25) is 4.99 Å². The lowest BCUT2D eigenvalue weighted by atomic mass is 10.1. The molecule has 1 rings (SSSR count). The molecule has 0 spiro atoms. The smallest absolute Gasteiger partial charge is 0.100 e. The largest absolute Gasteiger partial charge is 0.344 e. The molecule has 1 aromatic rings. The Balaban J connectivity index is 2.29. The minimum Gasteiger partial charge on any atom is -0.344 e. The van der Waals surface area contributed by atoms with Crippen LogP contribution < -0.4 is 5.32 Å². The fourth-order valence-corrected chi connectivity index (χ4v) is 2.27. The average molecular weight is 295 g/mol. The van der Waals surface area contributed by atoms with Gasteiger partial charge in [0.25, 0.3) is 0 Å². The van der Waals surface area contributed by atoms with E-state index in [4.69, 9.17) is 11.6 Å². The minimum atomic E-state index is 0.751. The second kappa shape index (κ2) is 10.7. The summed E-state index contributed by atoms with van der Waals surface area (Å²) >= 11 is 5.98. The highest BCUT2D eigenvalue weighted by Crippen LogP contribution is 2.15. The maximum atomic E-state index is 5.98. The molecule has 20 heavy (non-hydrogen) atoms. The van der Waals surface area contributed by atoms with Crippen LogP contribution in [-0.2, 0) is 0 Å². The van der Waals surface area contributed by atoms with Gasteiger partial charge in [-0.05, 0) is 24.6 Å². The van der Waals surface area contributed by atoms with Crippen LogP contribution in [0.2, 0.25) is 5.02 Å². The lowest BCUT2D eigenvalue weighted by molar-refractivity contribution is 0.612. The summed E-state index contributed by atoms with van der Waals surface area (Å²) in [6.07, 6.45) is 8.76. The van der Waals surface area contributed by atoms with Gasteiger partial charge in [0, 0.05) is 23.7 Å². The van der Waals surface area contributed by atoms with Crippen LogP contribution in [0.3, 0.4) is 0 Å². The SMILES string of the molecule is CCCCCCCCN=C(CC)Nc1cccc(Cl)c1. The quantitative estimate of drug-likeness (QED) is 0.341. The summed E-state index contributed by atoms with van der Waals surface area (Å²) < 4.78 is 0. The number of hydrogen-bond donors (Lipinski definition) is 1. The van der Waals surface area contributed by atoms with E-state index in [1.165, 1.54) is 38.5 Å². The van der Waals surface area contributed by atoms with E-state index in [2.05, 4.69) is 24.2 Å². The van der Waals surface area contributed by atoms with Crippen LogP contribution >= 0.6 is 11.6 Å². The lowest BCUT2D eigenvalue weighted by Crippen LogP contribution is -2.11. The fourth-order valence-electron chi connectivity index (χ4n) is 2.08. The Morgan fingerprint density at radius 1 is 1.10 bits per heavy atom. The van der Waals surface area contributed by atoms with Crippen LogP contribution in [0.5, 0.6) is 0 Å². The van der Waals surface area contributed by atoms with E-state index in [1.807, 2.05) is 24.3 Å². The number of anilines is 1. The molecule has 0 saturated heterocycles. The predicted molar refractivity (Wildman–Crippen MR) is 91.0 cm³/mol. The lowest BCUT2D eigenvalue weighted by Gasteiger charge is -2.08. The first-order chi connectivity index (χ1) is 9.76. The Hall–Kier alpha value is -1.02. The van der Waals surface area contributed by atoms with Crippen molar-refractivity contribution < 1.29 is 0 Å². The van der Waals surface area contributed by atoms with Gasteiger partial charge < -0.3 is 5.32 Å². The summed E-state index contributed by atoms with van der Waals surface area (Å²) in [4.78, 5) is 4.65. The van der Waals surface area contributed by atoms with E-state index in [9.17, 15) is 0 Å². The zero-order valence-electron chi connectivity index (χ0n) is 12.8. The molecule has 0 aliphatic carbocycles. The van der Waals surface area contributed by atoms with E-state index in [0.717, 1.165) is 29.5 Å². The molecule has 0 atom stereocenters. The van der Waals surface area contributed by atoms with Gasteiger partial charge in [-0.1, -0.05) is 63.6 Å². The molecule has 1 aromatic carbocycles. The first kappa shape index (κ1) is 17.0. The number of halogens is 1. The average Bonchev–Trinajstić information content (AvgIpc) is 2.45. The van der Waals surface area contributed by atoms with Crippen molar-refractivity contribution in [1.82, 2.24) is 0 Å². The van der Waals surface area contributed by atoms with Crippen molar-refractivity contribution in [2.45, 2.75) is 58.8 Å². The molecular weight excluding hydrogens is 268 g/mol. The van der Waals surface area contributed by atoms with Gasteiger partial charge in [-0.25, -0.2) is 0 Å². The number of unbranched alkanes of at least 4 members (excludes halogenated alkanes) is 5. The summed E-state index contributed by atoms with van der Waals surface area (Å²) in [6, 6.07) is 7.77. The van der Waals surface area contributed by atoms with Gasteiger partial charge in [0.2, 0.25) is 0 Å². The van der Waals surface area contributed by atoms with Crippen LogP contribution in [0, 0.1) is 0 Å². The Kier molecular flexibility index (Phi) is 9.14. The van der Waals surface area contributed by atoms with Crippen molar-refractivity contribution in [3.63, 3.8) is 0 Å². The third-order valence-corrected chi connectivity index (χ3v) is 3.50. The molecule has 3 heteroatoms. The van der Waals surface area contributed by atoms with Gasteiger partial charge in [0.15, 0.2) is 0 Å². The third kappa shape index (κ3) is 7.54. The normalized spacial score (nSPS) is 11.7. The topological polar surface area (TPSA) is 24.4 Å². The minimum absolute atomic E-state index is 0.751. The summed E-state index contributed by atoms with van der Waals surface area (Å²) in [5.74, 6) is 1.04. The molecular formula is C17H27ClN2. The highest BCUT2D eigenvalue weighted by Gasteiger charge is 1.98. The van der Waals surface area contributed by atoms with Crippen LogP contribution in [0.4, 0.5) is 5.69 Å². The number of rotatable bonds is 9. The number of benzene rings is 1. The zero-order chi connectivity index (χ0) is 14.6. The molecule has 0 fully saturated rings. The van der Waals surface area contributed by atoms with Crippen LogP contribution in [0.1, 0.15) is 58.8 Å². The highest BCUT2D eigenvalue weighted by atomic mass is 35.5. The van der Waals surface area contributed by atoms with Crippen molar-refractivity contribution in [2.75, 3.05) is 11.9 Å². The highest BCUT2D eigenvalue weighted by molar-refractivity contribution is 6.30. The Labute approximate surface area is 128 Å². The fraction of sp³-hybridized carbons (Fsp3) is 0.588. The zero-order valence-corrected chi connectivity index (χ0v) is 13.5. The van der Waals surface area contributed by atoms with Crippen LogP contribution in [0.15, 0.2) is 29.3 Å². The second-order valence-electron chi connectivity index (χ2n) is 5.09. The Morgan fingerprint density at radius 2 is 1.85 bits per heavy atom. The number of amidine groups is 1. The first-order valence-electron chi connectivity index (χ1n) is 7.82. The van der Waals surface area contributed by atoms with Crippen molar-refractivity contribution in [1.29, 1.82) is 0 Å². The monoisotopic (exact) mass is 294 g/mol. The maximum absolute atomic E-state index is 5.98. The molecule has 0 amide bonds. The molecule has 0 aromatic heterocycles. The van der Waals surface area contributed by atoms with E-state index >= 15 is 0 Å². The summed E-state index contributed by atoms with van der Waals surface area (Å²) in [5, 5.41) is 4.10. The number of nitrogens with zero attached hydrogens (tertiary/aromatic N) is 1. The van der Waals surface area contributed by atoms with Crippen LogP contribution in [-0.4, -0.2) is 12.4 Å². The summed E-state index contributed by atoms with van der Waals surface area (Å²) in [6.45, 7) is 5.29. The van der Waals surface area contributed by atoms with E-state index in [0.29, 0.717) is 0 Å². The Bertz CT molecular complexity index is 402. The molecule has 1 N–H and O–H groups in total. The summed E-state index contributed by atoms with van der Waals surface area (Å²) in [5.41, 5.74) is 1.01. The van der Waals surface area contributed by atoms with Crippen molar-refractivity contribution >= 4 is 23.1 Å². The second-order valence-corrected chi connectivity index (χ2v) is 5.52. The number of nitrogens with one attached hydrogen (secondary N) is 1. The first-order valence-corrected chi connectivity index (χ1v) is 8.20. The van der Waals surface area contributed by atoms with Crippen LogP contribution in [0.25, 0.3) is 0 Å². The molecule has 0 aliphatic rings. The molecule has 0 radical (unpaired) electrons. The van der Waals surface area contributed by atoms with Gasteiger partial charge in [-0.15, -0.1) is 0 Å². The standard InChI is InChI=1S/C17H27ClN2/c1-3-5-6-7-8-9-13-19-17(4-2)20-16-12-10-11-15(18)14-16/h10-12,14H,3-9,13H2,1-2H3,(H,19,20). The van der Waals surface area contributed by atoms with Crippen molar-refractivity contribution in [3.8, 4) is 0 Å². The van der Waals surface area contributed by atoms with Gasteiger partial charge in [0.1, 0.15) is 5.84 Å². The van der Waals surface area contributed by atoms with E-state index in [-0.39, 0.29) is 0 Å². The van der Waals surface area contributed by atoms with Crippen molar-refractivity contribution in [3.05, 3.63) is 29.3 Å². The number of hydrogen-bond acceptors (Lipinski definition) is 1. The van der Waals surface area contributed by atoms with Gasteiger partial charge in [-0.2, -0.15) is 0 Å². The molecule has 0 heterocycles. The molecule has 0 aliphatic heterocycles. The van der Waals surface area contributed by atoms with Gasteiger partial charge in [0.05, 0.1) is 0 Å². The van der Waals surface area contributed by atoms with E-state index in [1.54, 1.807) is 0 Å². The molecule has 0 bridgehead atoms. The van der Waals surface area contributed by atoms with Gasteiger partial charge >= 0.3 is 0 Å². The Morgan fingerprint density at radius 3 is 2.55 bits per heavy atom. The molecule has 0 unspecified atom stereocenters. The van der Waals surface area contributed by atoms with E-state index < -0.39 is 0 Å². The predicted octanol–water partition coefficient (Wildman–Crippen LogP) is 5.92. The molecule has 112 valence electrons. The molecule has 0 saturated carbocycles. The maximum Gasteiger partial charge on any atom is 0.100 e. The van der Waals surface area contributed by atoms with Crippen molar-refractivity contribution in [2.24, 2.45) is 4.99 Å².